The van der Waals surface area contributed by atoms with Crippen LogP contribution in [0.2, 0.25) is 0 Å². The Morgan fingerprint density at radius 1 is 1.08 bits per heavy atom. The van der Waals surface area contributed by atoms with Crippen LogP contribution in [0.4, 0.5) is 10.1 Å². The molecule has 0 aliphatic carbocycles. The number of aromatic nitrogens is 3. The van der Waals surface area contributed by atoms with Crippen LogP contribution in [0.25, 0.3) is 11.0 Å². The Bertz CT molecular complexity index is 1500. The van der Waals surface area contributed by atoms with E-state index in [0.29, 0.717) is 48.7 Å². The highest BCUT2D eigenvalue weighted by atomic mass is 19.1. The van der Waals surface area contributed by atoms with Gasteiger partial charge in [-0.3, -0.25) is 14.7 Å². The first kappa shape index (κ1) is 23.5. The number of anilines is 1. The molecule has 3 aromatic heterocycles. The lowest BCUT2D eigenvalue weighted by atomic mass is 9.99. The number of halogens is 1. The molecule has 1 aromatic carbocycles. The van der Waals surface area contributed by atoms with Gasteiger partial charge in [0.05, 0.1) is 24.4 Å². The molecule has 0 bridgehead atoms. The van der Waals surface area contributed by atoms with E-state index in [0.717, 1.165) is 16.9 Å². The van der Waals surface area contributed by atoms with E-state index in [2.05, 4.69) is 25.8 Å². The first-order chi connectivity index (χ1) is 17.5. The molecular weight excluding hydrogens is 459 g/mol. The van der Waals surface area contributed by atoms with Gasteiger partial charge in [0.15, 0.2) is 0 Å². The van der Waals surface area contributed by atoms with E-state index in [4.69, 9.17) is 4.74 Å². The summed E-state index contributed by atoms with van der Waals surface area (Å²) in [4.78, 5) is 26.2. The van der Waals surface area contributed by atoms with Crippen LogP contribution in [0.15, 0.2) is 65.6 Å². The zero-order valence-electron chi connectivity index (χ0n) is 20.1. The Hall–Kier alpha value is -4.29. The second kappa shape index (κ2) is 9.76. The number of benzene rings is 1. The van der Waals surface area contributed by atoms with E-state index in [1.807, 2.05) is 12.1 Å². The number of ether oxygens (including phenoxy) is 1. The van der Waals surface area contributed by atoms with Crippen LogP contribution in [0.3, 0.4) is 0 Å². The van der Waals surface area contributed by atoms with Crippen LogP contribution in [0.5, 0.6) is 5.75 Å². The number of hydrogen-bond acceptors (Lipinski definition) is 7. The maximum absolute atomic E-state index is 13.7. The molecule has 8 nitrogen and oxygen atoms in total. The minimum Gasteiger partial charge on any atom is -0.495 e. The molecule has 0 radical (unpaired) electrons. The van der Waals surface area contributed by atoms with Gasteiger partial charge in [-0.05, 0) is 42.0 Å². The average Bonchev–Trinajstić information content (AvgIpc) is 2.92. The van der Waals surface area contributed by atoms with Crippen LogP contribution in [0, 0.1) is 17.1 Å². The zero-order valence-corrected chi connectivity index (χ0v) is 20.1. The van der Waals surface area contributed by atoms with Crippen molar-refractivity contribution in [3.05, 3.63) is 93.9 Å². The normalized spacial score (nSPS) is 15.0. The number of aryl methyl sites for hydroxylation is 1. The Balaban J connectivity index is 1.49. The number of rotatable bonds is 5. The third kappa shape index (κ3) is 4.27. The highest BCUT2D eigenvalue weighted by molar-refractivity contribution is 5.88. The minimum atomic E-state index is -0.294. The largest absolute Gasteiger partial charge is 0.495 e. The van der Waals surface area contributed by atoms with Crippen LogP contribution in [-0.4, -0.2) is 52.7 Å². The molecule has 182 valence electrons. The molecular formula is C27H25FN6O2. The quantitative estimate of drug-likeness (QED) is 0.430. The first-order valence-electron chi connectivity index (χ1n) is 11.6. The molecule has 1 aliphatic heterocycles. The number of nitriles is 1. The van der Waals surface area contributed by atoms with Crippen molar-refractivity contribution in [2.45, 2.75) is 6.04 Å². The molecule has 4 heterocycles. The van der Waals surface area contributed by atoms with Gasteiger partial charge < -0.3 is 14.2 Å². The van der Waals surface area contributed by atoms with Gasteiger partial charge in [-0.25, -0.2) is 9.37 Å². The topological polar surface area (TPSA) is 87.3 Å². The van der Waals surface area contributed by atoms with Gasteiger partial charge in [0.2, 0.25) is 0 Å². The summed E-state index contributed by atoms with van der Waals surface area (Å²) in [6, 6.07) is 17.0. The smallest absolute Gasteiger partial charge is 0.252 e. The number of pyridine rings is 3. The standard InChI is InChI=1S/C27H25FN6O2/c1-32-21-10-9-20(17-29)31-25(21)22(16-24(32)35)33-12-14-34(15-13-33)27(18-5-7-19(28)8-6-18)26-23(36-2)4-3-11-30-26/h3-11,16,27H,12-15H2,1-2H3. The lowest BCUT2D eigenvalue weighted by Gasteiger charge is -2.40. The van der Waals surface area contributed by atoms with E-state index in [-0.39, 0.29) is 17.4 Å². The third-order valence-corrected chi connectivity index (χ3v) is 6.67. The van der Waals surface area contributed by atoms with Crippen molar-refractivity contribution in [1.82, 2.24) is 19.4 Å². The van der Waals surface area contributed by atoms with Gasteiger partial charge in [0, 0.05) is 45.5 Å². The summed E-state index contributed by atoms with van der Waals surface area (Å²) in [5.74, 6) is 0.372. The summed E-state index contributed by atoms with van der Waals surface area (Å²) >= 11 is 0. The molecule has 1 aliphatic rings. The molecule has 1 unspecified atom stereocenters. The molecule has 0 saturated carbocycles. The molecule has 5 rings (SSSR count). The molecule has 1 fully saturated rings. The Morgan fingerprint density at radius 2 is 1.83 bits per heavy atom. The van der Waals surface area contributed by atoms with E-state index in [1.54, 1.807) is 55.3 Å². The van der Waals surface area contributed by atoms with Crippen LogP contribution in [-0.2, 0) is 7.05 Å². The zero-order chi connectivity index (χ0) is 25.2. The number of fused-ring (bicyclic) bond motifs is 1. The summed E-state index contributed by atoms with van der Waals surface area (Å²) in [7, 11) is 3.32. The van der Waals surface area contributed by atoms with Gasteiger partial charge in [-0.15, -0.1) is 0 Å². The van der Waals surface area contributed by atoms with Crippen molar-refractivity contribution < 1.29 is 9.13 Å². The lowest BCUT2D eigenvalue weighted by Crippen LogP contribution is -2.48. The number of piperazine rings is 1. The molecule has 0 amide bonds. The van der Waals surface area contributed by atoms with Crippen LogP contribution < -0.4 is 15.2 Å². The highest BCUT2D eigenvalue weighted by Gasteiger charge is 2.30. The molecule has 9 heteroatoms. The number of hydrogen-bond donors (Lipinski definition) is 0. The maximum Gasteiger partial charge on any atom is 0.252 e. The molecule has 4 aromatic rings. The summed E-state index contributed by atoms with van der Waals surface area (Å²) in [5, 5.41) is 9.35. The Kier molecular flexibility index (Phi) is 6.36. The van der Waals surface area contributed by atoms with Crippen molar-refractivity contribution in [3.8, 4) is 11.8 Å². The Morgan fingerprint density at radius 3 is 2.53 bits per heavy atom. The minimum absolute atomic E-state index is 0.131. The maximum atomic E-state index is 13.7. The fourth-order valence-electron chi connectivity index (χ4n) is 4.80. The molecule has 1 saturated heterocycles. The van der Waals surface area contributed by atoms with E-state index >= 15 is 0 Å². The van der Waals surface area contributed by atoms with Crippen molar-refractivity contribution in [2.24, 2.45) is 7.05 Å². The van der Waals surface area contributed by atoms with Gasteiger partial charge in [0.25, 0.3) is 5.56 Å². The summed E-state index contributed by atoms with van der Waals surface area (Å²) in [6.07, 6.45) is 1.73. The second-order valence-electron chi connectivity index (χ2n) is 8.67. The van der Waals surface area contributed by atoms with E-state index in [9.17, 15) is 14.4 Å². The van der Waals surface area contributed by atoms with Crippen molar-refractivity contribution in [3.63, 3.8) is 0 Å². The van der Waals surface area contributed by atoms with Crippen molar-refractivity contribution in [1.29, 1.82) is 5.26 Å². The monoisotopic (exact) mass is 484 g/mol. The SMILES string of the molecule is COc1cccnc1C(c1ccc(F)cc1)N1CCN(c2cc(=O)n(C)c3ccc(C#N)nc23)CC1. The highest BCUT2D eigenvalue weighted by Crippen LogP contribution is 2.35. The molecule has 1 atom stereocenters. The van der Waals surface area contributed by atoms with Gasteiger partial charge in [-0.1, -0.05) is 12.1 Å². The molecule has 0 spiro atoms. The summed E-state index contributed by atoms with van der Waals surface area (Å²) in [5.41, 5.74) is 3.89. The van der Waals surface area contributed by atoms with Gasteiger partial charge >= 0.3 is 0 Å². The van der Waals surface area contributed by atoms with Crippen LogP contribution >= 0.6 is 0 Å². The fraction of sp³-hybridized carbons (Fsp3) is 0.259. The van der Waals surface area contributed by atoms with Crippen LogP contribution in [0.1, 0.15) is 23.0 Å². The van der Waals surface area contributed by atoms with Gasteiger partial charge in [-0.2, -0.15) is 5.26 Å². The Labute approximate surface area is 207 Å². The lowest BCUT2D eigenvalue weighted by molar-refractivity contribution is 0.205. The summed E-state index contributed by atoms with van der Waals surface area (Å²) in [6.45, 7) is 2.59. The van der Waals surface area contributed by atoms with E-state index < -0.39 is 0 Å². The van der Waals surface area contributed by atoms with Crippen molar-refractivity contribution in [2.75, 3.05) is 38.2 Å². The fourth-order valence-corrected chi connectivity index (χ4v) is 4.80. The predicted molar refractivity (Wildman–Crippen MR) is 135 cm³/mol. The number of nitrogens with zero attached hydrogens (tertiary/aromatic N) is 6. The molecule has 36 heavy (non-hydrogen) atoms. The van der Waals surface area contributed by atoms with E-state index in [1.165, 1.54) is 12.1 Å². The first-order valence-corrected chi connectivity index (χ1v) is 11.6. The summed E-state index contributed by atoms with van der Waals surface area (Å²) < 4.78 is 20.9. The number of methoxy groups -OCH3 is 1. The predicted octanol–water partition coefficient (Wildman–Crippen LogP) is 3.26. The molecule has 0 N–H and O–H groups in total. The second-order valence-corrected chi connectivity index (χ2v) is 8.67. The average molecular weight is 485 g/mol. The van der Waals surface area contributed by atoms with Gasteiger partial charge in [0.1, 0.15) is 34.5 Å². The van der Waals surface area contributed by atoms with Crippen molar-refractivity contribution >= 4 is 16.7 Å². The third-order valence-electron chi connectivity index (χ3n) is 6.67.